The molecule has 0 N–H and O–H groups in total. The maximum absolute atomic E-state index is 6.57. The van der Waals surface area contributed by atoms with E-state index >= 15 is 0 Å². The van der Waals surface area contributed by atoms with Crippen LogP contribution in [0.5, 0.6) is 0 Å². The molecule has 0 saturated carbocycles. The highest BCUT2D eigenvalue weighted by molar-refractivity contribution is 6.93. The van der Waals surface area contributed by atoms with Crippen molar-refractivity contribution in [3.8, 4) is 0 Å². The van der Waals surface area contributed by atoms with E-state index < -0.39 is 51.4 Å². The lowest BCUT2D eigenvalue weighted by Crippen LogP contribution is -2.69. The van der Waals surface area contributed by atoms with Crippen LogP contribution in [0.15, 0.2) is 49.1 Å². The number of hydrogen-bond donors (Lipinski definition) is 0. The molecule has 7 nitrogen and oxygen atoms in total. The van der Waals surface area contributed by atoms with E-state index in [4.69, 9.17) is 29.4 Å². The minimum atomic E-state index is -3.82. The van der Waals surface area contributed by atoms with Gasteiger partial charge in [0.25, 0.3) is 0 Å². The molecule has 0 amide bonds. The van der Waals surface area contributed by atoms with Crippen LogP contribution < -0.4 is 0 Å². The van der Waals surface area contributed by atoms with Crippen molar-refractivity contribution in [1.82, 2.24) is 0 Å². The lowest BCUT2D eigenvalue weighted by molar-refractivity contribution is 0.0329. The second-order valence-electron chi connectivity index (χ2n) is 9.15. The molecule has 0 aromatic rings. The van der Waals surface area contributed by atoms with Crippen LogP contribution in [-0.2, 0) is 29.4 Å². The third-order valence-corrected chi connectivity index (χ3v) is 23.6. The standard InChI is InChI=1S/C18H42O7Si6/c1-15-26(7,8)21-30(19-5,22-27(9,10)16-2)25-31(20-6,23-28(11,12)17-3)24-29(13,14)18-4/h15-18H,1-4H2,5-14H3. The van der Waals surface area contributed by atoms with Gasteiger partial charge in [-0.05, 0) is 52.4 Å². The van der Waals surface area contributed by atoms with Crippen molar-refractivity contribution in [2.24, 2.45) is 0 Å². The summed E-state index contributed by atoms with van der Waals surface area (Å²) in [6, 6.07) is 0. The highest BCUT2D eigenvalue weighted by Gasteiger charge is 2.63. The maximum atomic E-state index is 6.57. The van der Waals surface area contributed by atoms with Gasteiger partial charge >= 0.3 is 18.1 Å². The second-order valence-corrected chi connectivity index (χ2v) is 30.5. The molecule has 0 fully saturated rings. The minimum Gasteiger partial charge on any atom is -0.391 e. The molecule has 0 aliphatic carbocycles. The molecule has 0 rings (SSSR count). The fourth-order valence-electron chi connectivity index (χ4n) is 1.98. The van der Waals surface area contributed by atoms with Crippen LogP contribution in [0, 0.1) is 0 Å². The summed E-state index contributed by atoms with van der Waals surface area (Å²) in [5.41, 5.74) is 7.19. The van der Waals surface area contributed by atoms with Gasteiger partial charge in [0.05, 0.1) is 0 Å². The molecule has 0 unspecified atom stereocenters. The van der Waals surface area contributed by atoms with Crippen LogP contribution in [0.2, 0.25) is 52.4 Å². The van der Waals surface area contributed by atoms with Crippen molar-refractivity contribution in [3.05, 3.63) is 49.1 Å². The van der Waals surface area contributed by atoms with E-state index in [1.54, 1.807) is 22.8 Å². The molecule has 180 valence electrons. The molecule has 0 spiro atoms. The van der Waals surface area contributed by atoms with Crippen LogP contribution in [0.3, 0.4) is 0 Å². The monoisotopic (exact) mass is 538 g/mol. The van der Waals surface area contributed by atoms with E-state index in [-0.39, 0.29) is 0 Å². The second kappa shape index (κ2) is 11.4. The Morgan fingerprint density at radius 2 is 0.613 bits per heavy atom. The Hall–Kier alpha value is -0.0187. The molecule has 0 bridgehead atoms. The summed E-state index contributed by atoms with van der Waals surface area (Å²) in [6.07, 6.45) is 0. The lowest BCUT2D eigenvalue weighted by atomic mass is 11.3. The predicted molar refractivity (Wildman–Crippen MR) is 142 cm³/mol. The van der Waals surface area contributed by atoms with E-state index in [0.717, 1.165) is 0 Å². The van der Waals surface area contributed by atoms with E-state index in [1.165, 1.54) is 14.2 Å². The fraction of sp³-hybridized carbons (Fsp3) is 0.556. The van der Waals surface area contributed by atoms with Gasteiger partial charge in [-0.25, -0.2) is 0 Å². The largest absolute Gasteiger partial charge is 0.652 e. The molecule has 0 aliphatic rings. The molecule has 0 atom stereocenters. The third-order valence-electron chi connectivity index (χ3n) is 4.27. The zero-order valence-electron chi connectivity index (χ0n) is 21.0. The highest BCUT2D eigenvalue weighted by atomic mass is 28.6. The summed E-state index contributed by atoms with van der Waals surface area (Å²) in [5, 5.41) is 0. The molecule has 0 aromatic carbocycles. The van der Waals surface area contributed by atoms with Gasteiger partial charge < -0.3 is 29.4 Å². The molecule has 0 aromatic heterocycles. The van der Waals surface area contributed by atoms with Crippen molar-refractivity contribution in [1.29, 1.82) is 0 Å². The van der Waals surface area contributed by atoms with Gasteiger partial charge in [0, 0.05) is 14.2 Å². The Balaban J connectivity index is 6.68. The summed E-state index contributed by atoms with van der Waals surface area (Å²) in [7, 11) is -14.3. The average Bonchev–Trinajstić information content (AvgIpc) is 2.66. The van der Waals surface area contributed by atoms with Gasteiger partial charge in [0.1, 0.15) is 0 Å². The predicted octanol–water partition coefficient (Wildman–Crippen LogP) is 4.95. The van der Waals surface area contributed by atoms with Crippen LogP contribution in [0.25, 0.3) is 0 Å². The molecular formula is C18H42O7Si6. The first-order valence-corrected chi connectivity index (χ1v) is 25.3. The van der Waals surface area contributed by atoms with Crippen molar-refractivity contribution < 1.29 is 29.4 Å². The summed E-state index contributed by atoms with van der Waals surface area (Å²) >= 11 is 0. The number of hydrogen-bond acceptors (Lipinski definition) is 7. The summed E-state index contributed by atoms with van der Waals surface area (Å²) in [6.45, 7) is 31.5. The Bertz CT molecular complexity index is 553. The molecule has 13 heteroatoms. The Morgan fingerprint density at radius 1 is 0.419 bits per heavy atom. The van der Waals surface area contributed by atoms with Crippen molar-refractivity contribution in [2.75, 3.05) is 14.2 Å². The Labute approximate surface area is 196 Å². The molecule has 0 aliphatic heterocycles. The van der Waals surface area contributed by atoms with E-state index in [9.17, 15) is 0 Å². The third kappa shape index (κ3) is 10.2. The molecule has 31 heavy (non-hydrogen) atoms. The topological polar surface area (TPSA) is 64.6 Å². The molecule has 0 heterocycles. The van der Waals surface area contributed by atoms with E-state index in [2.05, 4.69) is 26.3 Å². The first-order chi connectivity index (χ1) is 13.9. The normalized spacial score (nSPS) is 14.3. The van der Waals surface area contributed by atoms with Gasteiger partial charge in [-0.3, -0.25) is 0 Å². The van der Waals surface area contributed by atoms with Crippen molar-refractivity contribution >= 4 is 51.4 Å². The van der Waals surface area contributed by atoms with E-state index in [0.29, 0.717) is 0 Å². The van der Waals surface area contributed by atoms with Crippen LogP contribution in [0.4, 0.5) is 0 Å². The molecule has 0 saturated heterocycles. The maximum Gasteiger partial charge on any atom is 0.652 e. The highest BCUT2D eigenvalue weighted by Crippen LogP contribution is 2.31. The lowest BCUT2D eigenvalue weighted by Gasteiger charge is -2.43. The van der Waals surface area contributed by atoms with Gasteiger partial charge in [0.15, 0.2) is 0 Å². The van der Waals surface area contributed by atoms with Gasteiger partial charge in [0.2, 0.25) is 33.3 Å². The SMILES string of the molecule is C=C[Si](C)(C)O[Si](OC)(O[Si](C)(C)C=C)O[Si](OC)(O[Si](C)(C)C=C)O[Si](C)(C)C=C. The molecule has 0 radical (unpaired) electrons. The van der Waals surface area contributed by atoms with Crippen LogP contribution in [0.1, 0.15) is 0 Å². The summed E-state index contributed by atoms with van der Waals surface area (Å²) in [5.74, 6) is 0. The van der Waals surface area contributed by atoms with Crippen molar-refractivity contribution in [2.45, 2.75) is 52.4 Å². The van der Waals surface area contributed by atoms with Crippen LogP contribution >= 0.6 is 0 Å². The average molecular weight is 539 g/mol. The minimum absolute atomic E-state index is 1.51. The Morgan fingerprint density at radius 3 is 0.742 bits per heavy atom. The first kappa shape index (κ1) is 31.0. The van der Waals surface area contributed by atoms with E-state index in [1.807, 2.05) is 52.4 Å². The zero-order chi connectivity index (χ0) is 24.8. The quantitative estimate of drug-likeness (QED) is 0.257. The zero-order valence-corrected chi connectivity index (χ0v) is 27.0. The fourth-order valence-corrected chi connectivity index (χ4v) is 20.1. The molecular weight excluding hydrogens is 497 g/mol. The smallest absolute Gasteiger partial charge is 0.391 e. The summed E-state index contributed by atoms with van der Waals surface area (Å²) < 4.78 is 44.2. The summed E-state index contributed by atoms with van der Waals surface area (Å²) in [4.78, 5) is 0. The van der Waals surface area contributed by atoms with Gasteiger partial charge in [-0.2, -0.15) is 0 Å². The van der Waals surface area contributed by atoms with Gasteiger partial charge in [-0.1, -0.05) is 22.8 Å². The first-order valence-electron chi connectivity index (χ1n) is 10.1. The number of rotatable bonds is 16. The van der Waals surface area contributed by atoms with Gasteiger partial charge in [-0.15, -0.1) is 26.3 Å². The Kier molecular flexibility index (Phi) is 11.4. The van der Waals surface area contributed by atoms with Crippen LogP contribution in [-0.4, -0.2) is 65.6 Å². The van der Waals surface area contributed by atoms with Crippen molar-refractivity contribution in [3.63, 3.8) is 0 Å².